The lowest BCUT2D eigenvalue weighted by molar-refractivity contribution is -0.157. The molecule has 4 aromatic rings. The van der Waals surface area contributed by atoms with E-state index in [9.17, 15) is 4.79 Å². The molecule has 0 aliphatic carbocycles. The third-order valence-corrected chi connectivity index (χ3v) is 6.84. The molecule has 0 radical (unpaired) electrons. The van der Waals surface area contributed by atoms with E-state index in [0.717, 1.165) is 5.56 Å². The van der Waals surface area contributed by atoms with Gasteiger partial charge in [-0.3, -0.25) is 0 Å². The second-order valence-electron chi connectivity index (χ2n) is 8.89. The van der Waals surface area contributed by atoms with Gasteiger partial charge in [-0.25, -0.2) is 14.8 Å². The molecule has 2 fully saturated rings. The van der Waals surface area contributed by atoms with E-state index in [4.69, 9.17) is 40.7 Å². The van der Waals surface area contributed by atoms with Gasteiger partial charge in [0.2, 0.25) is 0 Å². The molecular weight excluding hydrogens is 486 g/mol. The van der Waals surface area contributed by atoms with Crippen molar-refractivity contribution in [2.75, 3.05) is 12.3 Å². The van der Waals surface area contributed by atoms with Gasteiger partial charge in [-0.05, 0) is 31.2 Å². The molecule has 184 valence electrons. The van der Waals surface area contributed by atoms with Crippen molar-refractivity contribution >= 4 is 34.5 Å². The highest BCUT2D eigenvalue weighted by atomic mass is 35.5. The summed E-state index contributed by atoms with van der Waals surface area (Å²) in [6.07, 6.45) is 0.419. The van der Waals surface area contributed by atoms with E-state index >= 15 is 0 Å². The van der Waals surface area contributed by atoms with Crippen molar-refractivity contribution in [1.82, 2.24) is 9.97 Å². The lowest BCUT2D eigenvalue weighted by Crippen LogP contribution is -2.41. The largest absolute Gasteiger partial charge is 0.459 e. The van der Waals surface area contributed by atoms with Crippen molar-refractivity contribution in [3.8, 4) is 0 Å². The highest BCUT2D eigenvalue weighted by Crippen LogP contribution is 2.54. The molecule has 4 heterocycles. The van der Waals surface area contributed by atoms with Crippen LogP contribution in [-0.4, -0.2) is 40.4 Å². The van der Waals surface area contributed by atoms with Crippen LogP contribution in [0, 0.1) is 0 Å². The first-order valence-corrected chi connectivity index (χ1v) is 11.8. The molecule has 0 saturated carbocycles. The zero-order valence-electron chi connectivity index (χ0n) is 19.2. The fraction of sp³-hybridized carbons (Fsp3) is 0.269. The predicted molar refractivity (Wildman–Crippen MR) is 129 cm³/mol. The molecule has 0 bridgehead atoms. The van der Waals surface area contributed by atoms with Gasteiger partial charge in [-0.15, -0.1) is 0 Å². The fourth-order valence-corrected chi connectivity index (χ4v) is 4.93. The van der Waals surface area contributed by atoms with Crippen LogP contribution in [0.1, 0.15) is 40.8 Å². The van der Waals surface area contributed by atoms with Crippen LogP contribution in [0.25, 0.3) is 11.1 Å². The van der Waals surface area contributed by atoms with Gasteiger partial charge in [0.25, 0.3) is 0 Å². The van der Waals surface area contributed by atoms with Gasteiger partial charge in [0.05, 0.1) is 11.8 Å². The van der Waals surface area contributed by atoms with Crippen LogP contribution in [0.4, 0.5) is 5.82 Å². The van der Waals surface area contributed by atoms with Crippen LogP contribution in [-0.2, 0) is 18.9 Å². The number of benzene rings is 2. The van der Waals surface area contributed by atoms with E-state index in [1.165, 1.54) is 6.33 Å². The molecule has 6 rings (SSSR count). The summed E-state index contributed by atoms with van der Waals surface area (Å²) < 4.78 is 30.5. The van der Waals surface area contributed by atoms with Gasteiger partial charge in [0, 0.05) is 16.1 Å². The summed E-state index contributed by atoms with van der Waals surface area (Å²) in [4.78, 5) is 21.0. The first-order valence-electron chi connectivity index (χ1n) is 11.4. The Kier molecular flexibility index (Phi) is 5.65. The fourth-order valence-electron chi connectivity index (χ4n) is 4.81. The Morgan fingerprint density at radius 2 is 1.89 bits per heavy atom. The molecule has 9 nitrogen and oxygen atoms in total. The predicted octanol–water partition coefficient (Wildman–Crippen LogP) is 4.63. The van der Waals surface area contributed by atoms with Crippen LogP contribution in [0.3, 0.4) is 0 Å². The van der Waals surface area contributed by atoms with Crippen LogP contribution < -0.4 is 5.73 Å². The number of halogens is 1. The number of nitrogens with zero attached hydrogens (tertiary/aromatic N) is 2. The second-order valence-corrected chi connectivity index (χ2v) is 9.33. The van der Waals surface area contributed by atoms with E-state index in [-0.39, 0.29) is 12.4 Å². The number of ether oxygens (including phenoxy) is 4. The molecule has 5 atom stereocenters. The highest BCUT2D eigenvalue weighted by molar-refractivity contribution is 6.30. The molecule has 1 unspecified atom stereocenters. The number of esters is 1. The summed E-state index contributed by atoms with van der Waals surface area (Å²) in [5.41, 5.74) is 7.80. The number of carbonyl (C=O) groups is 1. The molecule has 2 aromatic heterocycles. The Morgan fingerprint density at radius 1 is 1.11 bits per heavy atom. The van der Waals surface area contributed by atoms with Crippen molar-refractivity contribution < 1.29 is 28.2 Å². The van der Waals surface area contributed by atoms with Crippen molar-refractivity contribution in [2.24, 2.45) is 0 Å². The lowest BCUT2D eigenvalue weighted by Gasteiger charge is -2.27. The Morgan fingerprint density at radius 3 is 2.67 bits per heavy atom. The molecule has 2 aliphatic rings. The number of nitrogen functional groups attached to an aromatic ring is 1. The third kappa shape index (κ3) is 3.81. The molecule has 0 spiro atoms. The number of rotatable bonds is 5. The minimum atomic E-state index is -0.954. The smallest absolute Gasteiger partial charge is 0.338 e. The monoisotopic (exact) mass is 507 g/mol. The van der Waals surface area contributed by atoms with E-state index in [0.29, 0.717) is 27.2 Å². The Labute approximate surface area is 211 Å². The summed E-state index contributed by atoms with van der Waals surface area (Å²) in [5, 5.41) is 0.609. The van der Waals surface area contributed by atoms with E-state index in [2.05, 4.69) is 9.97 Å². The normalized spacial score (nSPS) is 27.3. The summed E-state index contributed by atoms with van der Waals surface area (Å²) in [6, 6.07) is 16.0. The number of fused-ring (bicyclic) bond motifs is 2. The summed E-state index contributed by atoms with van der Waals surface area (Å²) in [5.74, 6) is -0.228. The van der Waals surface area contributed by atoms with Gasteiger partial charge in [-0.1, -0.05) is 41.9 Å². The minimum Gasteiger partial charge on any atom is -0.459 e. The van der Waals surface area contributed by atoms with Crippen molar-refractivity contribution in [2.45, 2.75) is 37.1 Å². The van der Waals surface area contributed by atoms with E-state index in [1.54, 1.807) is 42.7 Å². The van der Waals surface area contributed by atoms with Gasteiger partial charge in [0.15, 0.2) is 17.7 Å². The number of aromatic nitrogens is 2. The van der Waals surface area contributed by atoms with Crippen molar-refractivity contribution in [3.05, 3.63) is 88.9 Å². The number of hydrogen-bond acceptors (Lipinski definition) is 9. The molecule has 2 N–H and O–H groups in total. The SMILES string of the molecule is C[C@@]12OC(c3ccc(Cl)cc3)O[C@@H]1[C@@H](COC(=O)c1ccccc1)O[C@H]2c1coc2c(N)ncnc12. The maximum absolute atomic E-state index is 12.6. The Balaban J connectivity index is 1.32. The van der Waals surface area contributed by atoms with Crippen molar-refractivity contribution in [3.63, 3.8) is 0 Å². The molecule has 36 heavy (non-hydrogen) atoms. The molecule has 0 amide bonds. The van der Waals surface area contributed by atoms with Crippen LogP contribution in [0.15, 0.2) is 71.6 Å². The number of nitrogens with two attached hydrogens (primary N) is 1. The van der Waals surface area contributed by atoms with Crippen LogP contribution >= 0.6 is 11.6 Å². The Hall–Kier alpha value is -3.50. The maximum atomic E-state index is 12.6. The molecule has 10 heteroatoms. The van der Waals surface area contributed by atoms with Crippen molar-refractivity contribution in [1.29, 1.82) is 0 Å². The highest BCUT2D eigenvalue weighted by Gasteiger charge is 2.62. The van der Waals surface area contributed by atoms with Gasteiger partial charge >= 0.3 is 5.97 Å². The first kappa shape index (κ1) is 22.9. The third-order valence-electron chi connectivity index (χ3n) is 6.59. The topological polar surface area (TPSA) is 119 Å². The zero-order chi connectivity index (χ0) is 24.9. The molecule has 2 aliphatic heterocycles. The second kappa shape index (κ2) is 8.86. The summed E-state index contributed by atoms with van der Waals surface area (Å²) in [6.45, 7) is 1.87. The molecule has 2 aromatic carbocycles. The van der Waals surface area contributed by atoms with Gasteiger partial charge in [0.1, 0.15) is 42.4 Å². The number of furan rings is 1. The number of hydrogen-bond donors (Lipinski definition) is 1. The van der Waals surface area contributed by atoms with Crippen LogP contribution in [0.2, 0.25) is 5.02 Å². The zero-order valence-corrected chi connectivity index (χ0v) is 19.9. The maximum Gasteiger partial charge on any atom is 0.338 e. The average molecular weight is 508 g/mol. The van der Waals surface area contributed by atoms with Gasteiger partial charge < -0.3 is 29.1 Å². The van der Waals surface area contributed by atoms with E-state index < -0.39 is 36.2 Å². The summed E-state index contributed by atoms with van der Waals surface area (Å²) in [7, 11) is 0. The van der Waals surface area contributed by atoms with E-state index in [1.807, 2.05) is 25.1 Å². The standard InChI is InChI=1S/C26H22ClN3O6/c1-26-21(17-11-32-20-19(17)29-13-30-23(20)28)34-18(12-33-24(31)14-5-3-2-4-6-14)22(26)35-25(36-26)15-7-9-16(27)10-8-15/h2-11,13,18,21-22,25H,12H2,1H3,(H2,28,29,30)/t18-,21+,22-,25?,26+/m1/s1. The van der Waals surface area contributed by atoms with Gasteiger partial charge in [-0.2, -0.15) is 0 Å². The quantitative estimate of drug-likeness (QED) is 0.385. The lowest BCUT2D eigenvalue weighted by atomic mass is 9.89. The van der Waals surface area contributed by atoms with Crippen LogP contribution in [0.5, 0.6) is 0 Å². The number of carbonyl (C=O) groups excluding carboxylic acids is 1. The minimum absolute atomic E-state index is 0.0336. The first-order chi connectivity index (χ1) is 17.4. The number of anilines is 1. The summed E-state index contributed by atoms with van der Waals surface area (Å²) >= 11 is 6.06. The Bertz CT molecular complexity index is 1410. The average Bonchev–Trinajstić information content (AvgIpc) is 3.54. The molecule has 2 saturated heterocycles. The molecular formula is C26H22ClN3O6.